The lowest BCUT2D eigenvalue weighted by Gasteiger charge is -2.08. The van der Waals surface area contributed by atoms with Crippen LogP contribution in [0.25, 0.3) is 0 Å². The molecule has 0 unspecified atom stereocenters. The van der Waals surface area contributed by atoms with E-state index < -0.39 is 17.7 Å². The van der Waals surface area contributed by atoms with Crippen molar-refractivity contribution in [3.8, 4) is 0 Å². The fourth-order valence-electron chi connectivity index (χ4n) is 1.53. The first-order valence-electron chi connectivity index (χ1n) is 6.70. The zero-order valence-corrected chi connectivity index (χ0v) is 11.5. The molecule has 0 heterocycles. The van der Waals surface area contributed by atoms with Crippen molar-refractivity contribution in [1.82, 2.24) is 5.32 Å². The third kappa shape index (κ3) is 7.04. The minimum absolute atomic E-state index is 0.0826. The topological polar surface area (TPSA) is 50.4 Å². The molecular formula is C14H20F2N2O2. The van der Waals surface area contributed by atoms with Gasteiger partial charge in [0.05, 0.1) is 0 Å². The maximum absolute atomic E-state index is 12.9. The Kier molecular flexibility index (Phi) is 7.57. The fourth-order valence-corrected chi connectivity index (χ4v) is 1.53. The highest BCUT2D eigenvalue weighted by Crippen LogP contribution is 2.12. The van der Waals surface area contributed by atoms with E-state index in [4.69, 9.17) is 4.74 Å². The van der Waals surface area contributed by atoms with Gasteiger partial charge >= 0.3 is 6.03 Å². The van der Waals surface area contributed by atoms with Gasteiger partial charge in [-0.1, -0.05) is 13.3 Å². The lowest BCUT2D eigenvalue weighted by molar-refractivity contribution is 0.129. The molecule has 0 aliphatic heterocycles. The van der Waals surface area contributed by atoms with Crippen LogP contribution < -0.4 is 10.6 Å². The molecule has 0 saturated carbocycles. The zero-order chi connectivity index (χ0) is 14.8. The van der Waals surface area contributed by atoms with Crippen LogP contribution in [-0.4, -0.2) is 25.8 Å². The van der Waals surface area contributed by atoms with Crippen LogP contribution in [0.1, 0.15) is 26.2 Å². The van der Waals surface area contributed by atoms with Gasteiger partial charge in [-0.2, -0.15) is 0 Å². The normalized spacial score (nSPS) is 10.3. The molecule has 1 aromatic carbocycles. The molecule has 0 bridgehead atoms. The number of unbranched alkanes of at least 4 members (excludes halogenated alkanes) is 1. The molecule has 1 aromatic rings. The van der Waals surface area contributed by atoms with E-state index in [1.807, 2.05) is 0 Å². The number of rotatable bonds is 8. The molecule has 112 valence electrons. The summed E-state index contributed by atoms with van der Waals surface area (Å²) in [6, 6.07) is 2.35. The largest absolute Gasteiger partial charge is 0.381 e. The van der Waals surface area contributed by atoms with Crippen LogP contribution in [0, 0.1) is 11.6 Å². The average molecular weight is 286 g/mol. The molecule has 0 saturated heterocycles. The first kappa shape index (κ1) is 16.4. The van der Waals surface area contributed by atoms with E-state index in [9.17, 15) is 13.6 Å². The zero-order valence-electron chi connectivity index (χ0n) is 11.5. The number of urea groups is 1. The molecule has 2 amide bonds. The standard InChI is InChI=1S/C14H20F2N2O2/c1-2-3-6-20-7-4-5-17-14(19)18-13-9-11(15)8-12(16)10-13/h8-10H,2-7H2,1H3,(H2,17,18,19). The second-order valence-electron chi connectivity index (χ2n) is 4.36. The molecule has 2 N–H and O–H groups in total. The van der Waals surface area contributed by atoms with Crippen molar-refractivity contribution < 1.29 is 18.3 Å². The van der Waals surface area contributed by atoms with E-state index in [2.05, 4.69) is 17.6 Å². The van der Waals surface area contributed by atoms with E-state index >= 15 is 0 Å². The Morgan fingerprint density at radius 1 is 1.15 bits per heavy atom. The second-order valence-corrected chi connectivity index (χ2v) is 4.36. The molecule has 4 nitrogen and oxygen atoms in total. The van der Waals surface area contributed by atoms with Gasteiger partial charge in [0.25, 0.3) is 0 Å². The smallest absolute Gasteiger partial charge is 0.319 e. The number of benzene rings is 1. The fraction of sp³-hybridized carbons (Fsp3) is 0.500. The molecule has 0 radical (unpaired) electrons. The highest BCUT2D eigenvalue weighted by atomic mass is 19.1. The molecule has 0 aliphatic rings. The highest BCUT2D eigenvalue weighted by molar-refractivity contribution is 5.89. The van der Waals surface area contributed by atoms with E-state index in [-0.39, 0.29) is 5.69 Å². The van der Waals surface area contributed by atoms with E-state index in [0.717, 1.165) is 37.6 Å². The predicted molar refractivity (Wildman–Crippen MR) is 73.7 cm³/mol. The highest BCUT2D eigenvalue weighted by Gasteiger charge is 2.04. The minimum atomic E-state index is -0.732. The number of hydrogen-bond acceptors (Lipinski definition) is 2. The Morgan fingerprint density at radius 2 is 1.80 bits per heavy atom. The Bertz CT molecular complexity index is 407. The van der Waals surface area contributed by atoms with Crippen LogP contribution >= 0.6 is 0 Å². The molecule has 0 spiro atoms. The maximum Gasteiger partial charge on any atom is 0.319 e. The Labute approximate surface area is 117 Å². The third-order valence-electron chi connectivity index (χ3n) is 2.51. The first-order valence-corrected chi connectivity index (χ1v) is 6.70. The monoisotopic (exact) mass is 286 g/mol. The quantitative estimate of drug-likeness (QED) is 0.720. The summed E-state index contributed by atoms with van der Waals surface area (Å²) in [6.07, 6.45) is 2.80. The lowest BCUT2D eigenvalue weighted by Crippen LogP contribution is -2.30. The summed E-state index contributed by atoms with van der Waals surface area (Å²) in [6.45, 7) is 3.83. The number of carbonyl (C=O) groups excluding carboxylic acids is 1. The van der Waals surface area contributed by atoms with Crippen LogP contribution in [0.15, 0.2) is 18.2 Å². The number of halogens is 2. The van der Waals surface area contributed by atoms with Crippen molar-refractivity contribution in [1.29, 1.82) is 0 Å². The maximum atomic E-state index is 12.9. The lowest BCUT2D eigenvalue weighted by atomic mass is 10.3. The summed E-state index contributed by atoms with van der Waals surface area (Å²) < 4.78 is 31.1. The van der Waals surface area contributed by atoms with Crippen molar-refractivity contribution in [2.45, 2.75) is 26.2 Å². The molecule has 20 heavy (non-hydrogen) atoms. The summed E-state index contributed by atoms with van der Waals surface area (Å²) in [7, 11) is 0. The van der Waals surface area contributed by atoms with E-state index in [1.54, 1.807) is 0 Å². The summed E-state index contributed by atoms with van der Waals surface area (Å²) >= 11 is 0. The van der Waals surface area contributed by atoms with Gasteiger partial charge in [0.1, 0.15) is 11.6 Å². The molecule has 6 heteroatoms. The van der Waals surface area contributed by atoms with E-state index in [1.165, 1.54) is 0 Å². The predicted octanol–water partition coefficient (Wildman–Crippen LogP) is 3.29. The number of carbonyl (C=O) groups is 1. The van der Waals surface area contributed by atoms with Gasteiger partial charge < -0.3 is 15.4 Å². The molecule has 0 aromatic heterocycles. The summed E-state index contributed by atoms with van der Waals surface area (Å²) in [5.41, 5.74) is 0.0826. The van der Waals surface area contributed by atoms with Crippen molar-refractivity contribution in [3.63, 3.8) is 0 Å². The number of hydrogen-bond donors (Lipinski definition) is 2. The first-order chi connectivity index (χ1) is 9.61. The second kappa shape index (κ2) is 9.25. The van der Waals surface area contributed by atoms with Crippen LogP contribution in [0.5, 0.6) is 0 Å². The van der Waals surface area contributed by atoms with Gasteiger partial charge in [0.2, 0.25) is 0 Å². The van der Waals surface area contributed by atoms with Crippen LogP contribution in [0.4, 0.5) is 19.3 Å². The third-order valence-corrected chi connectivity index (χ3v) is 2.51. The Morgan fingerprint density at radius 3 is 2.45 bits per heavy atom. The van der Waals surface area contributed by atoms with Gasteiger partial charge in [-0.15, -0.1) is 0 Å². The van der Waals surface area contributed by atoms with Crippen molar-refractivity contribution in [2.75, 3.05) is 25.1 Å². The summed E-state index contributed by atoms with van der Waals surface area (Å²) in [5, 5.41) is 4.95. The van der Waals surface area contributed by atoms with Crippen LogP contribution in [-0.2, 0) is 4.74 Å². The van der Waals surface area contributed by atoms with Gasteiger partial charge in [0.15, 0.2) is 0 Å². The van der Waals surface area contributed by atoms with Gasteiger partial charge in [-0.3, -0.25) is 0 Å². The number of nitrogens with one attached hydrogen (secondary N) is 2. The molecule has 0 atom stereocenters. The van der Waals surface area contributed by atoms with Crippen molar-refractivity contribution >= 4 is 11.7 Å². The van der Waals surface area contributed by atoms with Crippen LogP contribution in [0.3, 0.4) is 0 Å². The van der Waals surface area contributed by atoms with Gasteiger partial charge in [-0.05, 0) is 25.0 Å². The average Bonchev–Trinajstić information content (AvgIpc) is 2.36. The molecular weight excluding hydrogens is 266 g/mol. The summed E-state index contributed by atoms with van der Waals surface area (Å²) in [4.78, 5) is 11.5. The van der Waals surface area contributed by atoms with Crippen LogP contribution in [0.2, 0.25) is 0 Å². The van der Waals surface area contributed by atoms with E-state index in [0.29, 0.717) is 19.6 Å². The molecule has 1 rings (SSSR count). The van der Waals surface area contributed by atoms with Crippen molar-refractivity contribution in [3.05, 3.63) is 29.8 Å². The molecule has 0 fully saturated rings. The number of anilines is 1. The number of amides is 2. The Balaban J connectivity index is 2.17. The Hall–Kier alpha value is -1.69. The minimum Gasteiger partial charge on any atom is -0.381 e. The molecule has 0 aliphatic carbocycles. The van der Waals surface area contributed by atoms with Crippen molar-refractivity contribution in [2.24, 2.45) is 0 Å². The summed E-state index contributed by atoms with van der Waals surface area (Å²) in [5.74, 6) is -1.46. The van der Waals surface area contributed by atoms with Gasteiger partial charge in [-0.25, -0.2) is 13.6 Å². The SMILES string of the molecule is CCCCOCCCNC(=O)Nc1cc(F)cc(F)c1. The number of ether oxygens (including phenoxy) is 1. The van der Waals surface area contributed by atoms with Gasteiger partial charge in [0, 0.05) is 31.5 Å².